The number of carbonyl (C=O) groups is 3. The van der Waals surface area contributed by atoms with Gasteiger partial charge in [-0.3, -0.25) is 14.4 Å². The Balaban J connectivity index is 2.53. The summed E-state index contributed by atoms with van der Waals surface area (Å²) in [5, 5.41) is 0. The molecule has 1 aliphatic heterocycles. The van der Waals surface area contributed by atoms with Crippen LogP contribution in [0.4, 0.5) is 0 Å². The van der Waals surface area contributed by atoms with Crippen LogP contribution >= 0.6 is 0 Å². The van der Waals surface area contributed by atoms with Crippen LogP contribution < -0.4 is 0 Å². The van der Waals surface area contributed by atoms with Crippen LogP contribution in [0.15, 0.2) is 0 Å². The van der Waals surface area contributed by atoms with Gasteiger partial charge in [0.15, 0.2) is 23.6 Å². The van der Waals surface area contributed by atoms with Crippen molar-refractivity contribution in [1.82, 2.24) is 0 Å². The molecule has 0 bridgehead atoms. The number of hydrogen-bond acceptors (Lipinski definition) is 6. The van der Waals surface area contributed by atoms with Gasteiger partial charge in [0.25, 0.3) is 0 Å². The van der Waals surface area contributed by atoms with E-state index in [-0.39, 0.29) is 13.0 Å². The average molecular weight is 216 g/mol. The zero-order valence-corrected chi connectivity index (χ0v) is 8.52. The van der Waals surface area contributed by atoms with Gasteiger partial charge in [-0.2, -0.15) is 0 Å². The van der Waals surface area contributed by atoms with E-state index in [1.54, 1.807) is 0 Å². The second-order valence-electron chi connectivity index (χ2n) is 3.15. The van der Waals surface area contributed by atoms with Crippen molar-refractivity contribution in [3.8, 4) is 0 Å². The van der Waals surface area contributed by atoms with Crippen LogP contribution in [-0.2, 0) is 28.9 Å². The van der Waals surface area contributed by atoms with Gasteiger partial charge >= 0.3 is 5.97 Å². The molecule has 0 spiro atoms. The van der Waals surface area contributed by atoms with Crippen LogP contribution in [-0.4, -0.2) is 37.4 Å². The van der Waals surface area contributed by atoms with E-state index in [0.29, 0.717) is 0 Å². The molecule has 6 nitrogen and oxygen atoms in total. The summed E-state index contributed by atoms with van der Waals surface area (Å²) in [6, 6.07) is 0. The van der Waals surface area contributed by atoms with Crippen LogP contribution in [0.3, 0.4) is 0 Å². The fourth-order valence-electron chi connectivity index (χ4n) is 1.37. The van der Waals surface area contributed by atoms with E-state index in [1.165, 1.54) is 14.0 Å². The Morgan fingerprint density at radius 3 is 2.60 bits per heavy atom. The maximum atomic E-state index is 11.5. The number of ether oxygens (including phenoxy) is 1. The lowest BCUT2D eigenvalue weighted by atomic mass is 9.98. The van der Waals surface area contributed by atoms with E-state index < -0.39 is 29.6 Å². The number of Topliss-reactive ketones (excluding diaryl/α,β-unsaturated/α-hetero) is 2. The summed E-state index contributed by atoms with van der Waals surface area (Å²) in [5.41, 5.74) is 0. The van der Waals surface area contributed by atoms with Crippen LogP contribution in [0.25, 0.3) is 0 Å². The van der Waals surface area contributed by atoms with Crippen molar-refractivity contribution < 1.29 is 28.9 Å². The van der Waals surface area contributed by atoms with Gasteiger partial charge in [0.05, 0.1) is 13.7 Å². The molecule has 0 amide bonds. The number of rotatable bonds is 5. The standard InChI is InChI=1S/C9H12O6/c1-5(10)7-8(11)6(15-9(7)12)3-4-14-13-2/h6-7H,3-4H2,1-2H3. The SMILES string of the molecule is COOCCC1OC(=O)C(C(C)=O)C1=O. The predicted octanol–water partition coefficient (Wildman–Crippen LogP) is -0.346. The minimum absolute atomic E-state index is 0.130. The molecule has 1 heterocycles. The predicted molar refractivity (Wildman–Crippen MR) is 46.6 cm³/mol. The Hall–Kier alpha value is -1.27. The number of carbonyl (C=O) groups excluding carboxylic acids is 3. The molecule has 0 radical (unpaired) electrons. The summed E-state index contributed by atoms with van der Waals surface area (Å²) in [7, 11) is 1.33. The lowest BCUT2D eigenvalue weighted by Crippen LogP contribution is -2.26. The van der Waals surface area contributed by atoms with E-state index in [2.05, 4.69) is 9.78 Å². The number of cyclic esters (lactones) is 1. The molecule has 2 atom stereocenters. The van der Waals surface area contributed by atoms with Crippen molar-refractivity contribution in [2.24, 2.45) is 5.92 Å². The molecule has 0 N–H and O–H groups in total. The summed E-state index contributed by atoms with van der Waals surface area (Å²) >= 11 is 0. The first-order chi connectivity index (χ1) is 7.07. The Morgan fingerprint density at radius 1 is 1.47 bits per heavy atom. The second kappa shape index (κ2) is 4.99. The molecule has 2 unspecified atom stereocenters. The molecule has 0 saturated carbocycles. The quantitative estimate of drug-likeness (QED) is 0.205. The van der Waals surface area contributed by atoms with E-state index in [9.17, 15) is 14.4 Å². The van der Waals surface area contributed by atoms with Crippen molar-refractivity contribution in [2.75, 3.05) is 13.7 Å². The number of esters is 1. The van der Waals surface area contributed by atoms with Crippen LogP contribution in [0, 0.1) is 5.92 Å². The normalized spacial score (nSPS) is 25.5. The molecule has 0 aromatic carbocycles. The van der Waals surface area contributed by atoms with Gasteiger partial charge in [-0.05, 0) is 6.92 Å². The van der Waals surface area contributed by atoms with Crippen LogP contribution in [0.5, 0.6) is 0 Å². The third kappa shape index (κ3) is 2.60. The molecule has 15 heavy (non-hydrogen) atoms. The first-order valence-corrected chi connectivity index (χ1v) is 4.48. The van der Waals surface area contributed by atoms with Crippen molar-refractivity contribution >= 4 is 17.5 Å². The smallest absolute Gasteiger partial charge is 0.324 e. The lowest BCUT2D eigenvalue weighted by molar-refractivity contribution is -0.274. The summed E-state index contributed by atoms with van der Waals surface area (Å²) in [6.07, 6.45) is -0.691. The maximum Gasteiger partial charge on any atom is 0.324 e. The van der Waals surface area contributed by atoms with Crippen molar-refractivity contribution in [3.63, 3.8) is 0 Å². The topological polar surface area (TPSA) is 78.9 Å². The third-order valence-corrected chi connectivity index (χ3v) is 2.08. The summed E-state index contributed by atoms with van der Waals surface area (Å²) < 4.78 is 4.75. The second-order valence-corrected chi connectivity index (χ2v) is 3.15. The minimum Gasteiger partial charge on any atom is -0.453 e. The fraction of sp³-hybridized carbons (Fsp3) is 0.667. The Labute approximate surface area is 86.4 Å². The Bertz CT molecular complexity index is 284. The highest BCUT2D eigenvalue weighted by Crippen LogP contribution is 2.20. The van der Waals surface area contributed by atoms with Gasteiger partial charge in [0.2, 0.25) is 0 Å². The highest BCUT2D eigenvalue weighted by atomic mass is 17.2. The number of hydrogen-bond donors (Lipinski definition) is 0. The summed E-state index contributed by atoms with van der Waals surface area (Å²) in [6.45, 7) is 1.32. The molecule has 0 aromatic heterocycles. The summed E-state index contributed by atoms with van der Waals surface area (Å²) in [4.78, 5) is 42.5. The highest BCUT2D eigenvalue weighted by Gasteiger charge is 2.45. The molecule has 0 aliphatic carbocycles. The molecule has 1 rings (SSSR count). The molecule has 0 aromatic rings. The first kappa shape index (κ1) is 11.8. The zero-order chi connectivity index (χ0) is 11.4. The molecular formula is C9H12O6. The van der Waals surface area contributed by atoms with E-state index in [0.717, 1.165) is 0 Å². The van der Waals surface area contributed by atoms with Gasteiger partial charge in [-0.15, -0.1) is 0 Å². The molecule has 6 heteroatoms. The maximum absolute atomic E-state index is 11.5. The lowest BCUT2D eigenvalue weighted by Gasteiger charge is -2.05. The Kier molecular flexibility index (Phi) is 3.93. The van der Waals surface area contributed by atoms with Crippen LogP contribution in [0.2, 0.25) is 0 Å². The van der Waals surface area contributed by atoms with Crippen molar-refractivity contribution in [1.29, 1.82) is 0 Å². The number of ketones is 2. The van der Waals surface area contributed by atoms with Gasteiger partial charge in [0, 0.05) is 6.42 Å². The van der Waals surface area contributed by atoms with Crippen molar-refractivity contribution in [3.05, 3.63) is 0 Å². The molecule has 1 fully saturated rings. The van der Waals surface area contributed by atoms with Crippen molar-refractivity contribution in [2.45, 2.75) is 19.4 Å². The molecule has 1 aliphatic rings. The van der Waals surface area contributed by atoms with Gasteiger partial charge in [-0.1, -0.05) is 0 Å². The highest BCUT2D eigenvalue weighted by molar-refractivity contribution is 6.21. The molecular weight excluding hydrogens is 204 g/mol. The molecule has 1 saturated heterocycles. The fourth-order valence-corrected chi connectivity index (χ4v) is 1.37. The van der Waals surface area contributed by atoms with Crippen LogP contribution in [0.1, 0.15) is 13.3 Å². The monoisotopic (exact) mass is 216 g/mol. The van der Waals surface area contributed by atoms with E-state index >= 15 is 0 Å². The third-order valence-electron chi connectivity index (χ3n) is 2.08. The largest absolute Gasteiger partial charge is 0.453 e. The van der Waals surface area contributed by atoms with Gasteiger partial charge in [0.1, 0.15) is 0 Å². The van der Waals surface area contributed by atoms with Gasteiger partial charge < -0.3 is 4.74 Å². The Morgan fingerprint density at radius 2 is 2.13 bits per heavy atom. The van der Waals surface area contributed by atoms with E-state index in [1.807, 2.05) is 0 Å². The van der Waals surface area contributed by atoms with Gasteiger partial charge in [-0.25, -0.2) is 9.78 Å². The minimum atomic E-state index is -1.25. The first-order valence-electron chi connectivity index (χ1n) is 4.48. The average Bonchev–Trinajstić information content (AvgIpc) is 2.42. The van der Waals surface area contributed by atoms with E-state index in [4.69, 9.17) is 4.74 Å². The molecule has 84 valence electrons. The summed E-state index contributed by atoms with van der Waals surface area (Å²) in [5.74, 6) is -3.00. The zero-order valence-electron chi connectivity index (χ0n) is 8.52.